The maximum Gasteiger partial charge on any atom is 0.226 e. The zero-order chi connectivity index (χ0) is 18.4. The van der Waals surface area contributed by atoms with Gasteiger partial charge in [-0.25, -0.2) is 13.1 Å². The molecule has 0 fully saturated rings. The number of ether oxygens (including phenoxy) is 1. The van der Waals surface area contributed by atoms with E-state index in [-0.39, 0.29) is 12.3 Å². The molecule has 0 spiro atoms. The van der Waals surface area contributed by atoms with Gasteiger partial charge in [0.05, 0.1) is 19.4 Å². The van der Waals surface area contributed by atoms with Crippen molar-refractivity contribution in [1.29, 1.82) is 0 Å². The largest absolute Gasteiger partial charge is 0.497 e. The highest BCUT2D eigenvalue weighted by Gasteiger charge is 2.20. The minimum absolute atomic E-state index is 0.0206. The lowest BCUT2D eigenvalue weighted by atomic mass is 10.0. The number of anilines is 1. The van der Waals surface area contributed by atoms with Crippen LogP contribution in [0.3, 0.4) is 0 Å². The molecule has 1 amide bonds. The number of nitrogens with one attached hydrogen (secondary N) is 2. The van der Waals surface area contributed by atoms with E-state index in [2.05, 4.69) is 10.0 Å². The summed E-state index contributed by atoms with van der Waals surface area (Å²) < 4.78 is 30.9. The highest BCUT2D eigenvalue weighted by Crippen LogP contribution is 2.22. The molecule has 25 heavy (non-hydrogen) atoms. The first-order valence-electron chi connectivity index (χ1n) is 7.74. The Hall–Kier alpha value is -2.38. The molecule has 1 atom stereocenters. The van der Waals surface area contributed by atoms with Crippen LogP contribution in [0.4, 0.5) is 5.69 Å². The molecule has 2 N–H and O–H groups in total. The maximum atomic E-state index is 12.3. The van der Waals surface area contributed by atoms with Crippen LogP contribution in [0.2, 0.25) is 0 Å². The van der Waals surface area contributed by atoms with Crippen molar-refractivity contribution in [2.24, 2.45) is 0 Å². The van der Waals surface area contributed by atoms with Crippen molar-refractivity contribution < 1.29 is 17.9 Å². The smallest absolute Gasteiger partial charge is 0.226 e. The van der Waals surface area contributed by atoms with Crippen LogP contribution in [0.15, 0.2) is 48.5 Å². The minimum atomic E-state index is -3.47. The van der Waals surface area contributed by atoms with Gasteiger partial charge in [-0.3, -0.25) is 4.79 Å². The summed E-state index contributed by atoms with van der Waals surface area (Å²) in [6.07, 6.45) is 1.05. The molecule has 0 aliphatic rings. The Labute approximate surface area is 148 Å². The average Bonchev–Trinajstić information content (AvgIpc) is 2.55. The Morgan fingerprint density at radius 3 is 2.20 bits per heavy atom. The normalized spacial score (nSPS) is 12.4. The number of aryl methyl sites for hydroxylation is 1. The standard InChI is InChI=1S/C18H22N2O4S/c1-13-4-8-15(9-5-13)19-18(21)12-17(20-25(3,22)23)14-6-10-16(24-2)11-7-14/h4-11,17,20H,12H2,1-3H3,(H,19,21)/t17-/m1/s1. The molecular formula is C18H22N2O4S. The number of sulfonamides is 1. The van der Waals surface area contributed by atoms with Gasteiger partial charge < -0.3 is 10.1 Å². The fraction of sp³-hybridized carbons (Fsp3) is 0.278. The molecule has 0 radical (unpaired) electrons. The van der Waals surface area contributed by atoms with Crippen LogP contribution in [0, 0.1) is 6.92 Å². The van der Waals surface area contributed by atoms with Gasteiger partial charge in [0, 0.05) is 12.1 Å². The van der Waals surface area contributed by atoms with Crippen LogP contribution in [0.25, 0.3) is 0 Å². The van der Waals surface area contributed by atoms with Gasteiger partial charge in [-0.15, -0.1) is 0 Å². The van der Waals surface area contributed by atoms with E-state index >= 15 is 0 Å². The molecule has 2 aromatic rings. The molecule has 0 aliphatic carbocycles. The molecule has 0 aliphatic heterocycles. The molecule has 0 saturated carbocycles. The molecular weight excluding hydrogens is 340 g/mol. The van der Waals surface area contributed by atoms with Crippen LogP contribution >= 0.6 is 0 Å². The van der Waals surface area contributed by atoms with Gasteiger partial charge in [0.2, 0.25) is 15.9 Å². The van der Waals surface area contributed by atoms with Gasteiger partial charge in [0.1, 0.15) is 5.75 Å². The zero-order valence-electron chi connectivity index (χ0n) is 14.4. The Bertz CT molecular complexity index is 815. The third-order valence-corrected chi connectivity index (χ3v) is 4.31. The summed E-state index contributed by atoms with van der Waals surface area (Å²) in [6.45, 7) is 1.96. The summed E-state index contributed by atoms with van der Waals surface area (Å²) in [6, 6.07) is 13.7. The van der Waals surface area contributed by atoms with Crippen molar-refractivity contribution in [1.82, 2.24) is 4.72 Å². The molecule has 7 heteroatoms. The second kappa shape index (κ2) is 8.13. The van der Waals surface area contributed by atoms with E-state index in [1.54, 1.807) is 43.5 Å². The monoisotopic (exact) mass is 362 g/mol. The minimum Gasteiger partial charge on any atom is -0.497 e. The topological polar surface area (TPSA) is 84.5 Å². The third-order valence-electron chi connectivity index (χ3n) is 3.60. The molecule has 0 bridgehead atoms. The second-order valence-electron chi connectivity index (χ2n) is 5.83. The molecule has 6 nitrogen and oxygen atoms in total. The van der Waals surface area contributed by atoms with Crippen LogP contribution in [0.1, 0.15) is 23.6 Å². The molecule has 0 saturated heterocycles. The van der Waals surface area contributed by atoms with Crippen molar-refractivity contribution in [3.05, 3.63) is 59.7 Å². The molecule has 0 aromatic heterocycles. The predicted molar refractivity (Wildman–Crippen MR) is 98.1 cm³/mol. The predicted octanol–water partition coefficient (Wildman–Crippen LogP) is 2.62. The van der Waals surface area contributed by atoms with Gasteiger partial charge in [0.25, 0.3) is 0 Å². The SMILES string of the molecule is COc1ccc([C@@H](CC(=O)Nc2ccc(C)cc2)NS(C)(=O)=O)cc1. The van der Waals surface area contributed by atoms with Crippen molar-refractivity contribution in [2.45, 2.75) is 19.4 Å². The average molecular weight is 362 g/mol. The first kappa shape index (κ1) is 19.0. The number of carbonyl (C=O) groups excluding carboxylic acids is 1. The van der Waals surface area contributed by atoms with Gasteiger partial charge in [-0.1, -0.05) is 29.8 Å². The van der Waals surface area contributed by atoms with Crippen LogP contribution in [-0.4, -0.2) is 27.7 Å². The highest BCUT2D eigenvalue weighted by molar-refractivity contribution is 7.88. The van der Waals surface area contributed by atoms with Gasteiger partial charge in [0.15, 0.2) is 0 Å². The fourth-order valence-electron chi connectivity index (χ4n) is 2.36. The first-order chi connectivity index (χ1) is 11.8. The summed E-state index contributed by atoms with van der Waals surface area (Å²) >= 11 is 0. The Morgan fingerprint density at radius 1 is 1.08 bits per heavy atom. The van der Waals surface area contributed by atoms with Crippen molar-refractivity contribution in [3.8, 4) is 5.75 Å². The Kier molecular flexibility index (Phi) is 6.17. The molecule has 2 rings (SSSR count). The van der Waals surface area contributed by atoms with Gasteiger partial charge in [-0.2, -0.15) is 0 Å². The number of amides is 1. The zero-order valence-corrected chi connectivity index (χ0v) is 15.3. The quantitative estimate of drug-likeness (QED) is 0.793. The first-order valence-corrected chi connectivity index (χ1v) is 9.64. The van der Waals surface area contributed by atoms with E-state index in [0.29, 0.717) is 17.0 Å². The fourth-order valence-corrected chi connectivity index (χ4v) is 3.09. The van der Waals surface area contributed by atoms with Crippen molar-refractivity contribution >= 4 is 21.6 Å². The maximum absolute atomic E-state index is 12.3. The molecule has 0 unspecified atom stereocenters. The number of rotatable bonds is 7. The summed E-state index contributed by atoms with van der Waals surface area (Å²) in [5.74, 6) is 0.381. The van der Waals surface area contributed by atoms with Crippen LogP contribution < -0.4 is 14.8 Å². The lowest BCUT2D eigenvalue weighted by molar-refractivity contribution is -0.116. The van der Waals surface area contributed by atoms with E-state index in [0.717, 1.165) is 11.8 Å². The highest BCUT2D eigenvalue weighted by atomic mass is 32.2. The number of benzene rings is 2. The molecule has 2 aromatic carbocycles. The van der Waals surface area contributed by atoms with E-state index in [1.807, 2.05) is 19.1 Å². The lowest BCUT2D eigenvalue weighted by Crippen LogP contribution is -2.30. The van der Waals surface area contributed by atoms with Gasteiger partial charge >= 0.3 is 0 Å². The molecule has 0 heterocycles. The summed E-state index contributed by atoms with van der Waals surface area (Å²) in [5.41, 5.74) is 2.45. The summed E-state index contributed by atoms with van der Waals surface area (Å²) in [4.78, 5) is 12.3. The van der Waals surface area contributed by atoms with E-state index in [9.17, 15) is 13.2 Å². The number of hydrogen-bond acceptors (Lipinski definition) is 4. The van der Waals surface area contributed by atoms with Crippen molar-refractivity contribution in [3.63, 3.8) is 0 Å². The number of hydrogen-bond donors (Lipinski definition) is 2. The third kappa shape index (κ3) is 6.21. The van der Waals surface area contributed by atoms with Crippen LogP contribution in [0.5, 0.6) is 5.75 Å². The Morgan fingerprint density at radius 2 is 1.68 bits per heavy atom. The number of methoxy groups -OCH3 is 1. The summed E-state index contributed by atoms with van der Waals surface area (Å²) in [5, 5.41) is 2.78. The number of carbonyl (C=O) groups is 1. The van der Waals surface area contributed by atoms with Gasteiger partial charge in [-0.05, 0) is 36.8 Å². The lowest BCUT2D eigenvalue weighted by Gasteiger charge is -2.18. The van der Waals surface area contributed by atoms with E-state index < -0.39 is 16.1 Å². The van der Waals surface area contributed by atoms with Crippen LogP contribution in [-0.2, 0) is 14.8 Å². The molecule has 134 valence electrons. The van der Waals surface area contributed by atoms with E-state index in [4.69, 9.17) is 4.74 Å². The second-order valence-corrected chi connectivity index (χ2v) is 7.61. The van der Waals surface area contributed by atoms with E-state index in [1.165, 1.54) is 0 Å². The Balaban J connectivity index is 2.14. The summed E-state index contributed by atoms with van der Waals surface area (Å²) in [7, 11) is -1.92. The van der Waals surface area contributed by atoms with Crippen molar-refractivity contribution in [2.75, 3.05) is 18.7 Å².